The number of hydrogen-bond donors (Lipinski definition) is 4. The van der Waals surface area contributed by atoms with Gasteiger partial charge >= 0.3 is 0 Å². The van der Waals surface area contributed by atoms with E-state index in [1.807, 2.05) is 6.92 Å². The second-order valence-electron chi connectivity index (χ2n) is 10.7. The number of pyridine rings is 2. The highest BCUT2D eigenvalue weighted by atomic mass is 32.2. The SMILES string of the molecule is CCCOc1ccc(CSc2c(F)c(F)cc(F)c2F)nc1/C=C/C(=O)NCCCNC(=O)c1ccc(N/N=C\c2ccccc2S(=O)(=O)O)nc1. The zero-order chi connectivity index (χ0) is 37.7. The summed E-state index contributed by atoms with van der Waals surface area (Å²) in [5, 5.41) is 9.30. The molecule has 12 nitrogen and oxygen atoms in total. The average Bonchev–Trinajstić information content (AvgIpc) is 3.12. The first-order valence-electron chi connectivity index (χ1n) is 15.5. The van der Waals surface area contributed by atoms with Crippen LogP contribution in [0.25, 0.3) is 6.08 Å². The maximum atomic E-state index is 14.1. The van der Waals surface area contributed by atoms with Crippen molar-refractivity contribution < 1.29 is 44.9 Å². The molecule has 18 heteroatoms. The zero-order valence-corrected chi connectivity index (χ0v) is 29.0. The number of benzene rings is 2. The van der Waals surface area contributed by atoms with E-state index in [1.54, 1.807) is 12.1 Å². The topological polar surface area (TPSA) is 172 Å². The molecule has 4 aromatic rings. The molecule has 2 amide bonds. The van der Waals surface area contributed by atoms with Crippen molar-refractivity contribution >= 4 is 51.8 Å². The van der Waals surface area contributed by atoms with Crippen LogP contribution in [-0.4, -0.2) is 60.7 Å². The monoisotopic (exact) mass is 760 g/mol. The van der Waals surface area contributed by atoms with E-state index in [0.717, 1.165) is 0 Å². The Balaban J connectivity index is 1.24. The third-order valence-electron chi connectivity index (χ3n) is 6.78. The summed E-state index contributed by atoms with van der Waals surface area (Å²) in [6.07, 6.45) is 6.21. The molecule has 0 radical (unpaired) electrons. The number of carbonyl (C=O) groups excluding carboxylic acids is 2. The Morgan fingerprint density at radius 3 is 2.42 bits per heavy atom. The summed E-state index contributed by atoms with van der Waals surface area (Å²) in [5.74, 6) is -6.42. The smallest absolute Gasteiger partial charge is 0.295 e. The second-order valence-corrected chi connectivity index (χ2v) is 13.0. The van der Waals surface area contributed by atoms with Crippen LogP contribution in [0.4, 0.5) is 23.4 Å². The lowest BCUT2D eigenvalue weighted by molar-refractivity contribution is -0.116. The number of rotatable bonds is 17. The molecule has 0 atom stereocenters. The molecule has 52 heavy (non-hydrogen) atoms. The second kappa shape index (κ2) is 18.8. The van der Waals surface area contributed by atoms with Gasteiger partial charge in [-0.2, -0.15) is 13.5 Å². The van der Waals surface area contributed by atoms with Crippen LogP contribution in [0.1, 0.15) is 47.1 Å². The normalized spacial score (nSPS) is 11.6. The average molecular weight is 761 g/mol. The number of nitrogens with one attached hydrogen (secondary N) is 3. The third-order valence-corrected chi connectivity index (χ3v) is 8.79. The van der Waals surface area contributed by atoms with Gasteiger partial charge in [0.1, 0.15) is 22.2 Å². The summed E-state index contributed by atoms with van der Waals surface area (Å²) in [7, 11) is -4.43. The van der Waals surface area contributed by atoms with Crippen molar-refractivity contribution in [3.63, 3.8) is 0 Å². The molecule has 0 bridgehead atoms. The largest absolute Gasteiger partial charge is 0.491 e. The molecule has 0 aliphatic carbocycles. The van der Waals surface area contributed by atoms with E-state index in [9.17, 15) is 40.1 Å². The molecule has 0 aliphatic rings. The number of hydrazone groups is 1. The van der Waals surface area contributed by atoms with Crippen LogP contribution in [0, 0.1) is 23.3 Å². The van der Waals surface area contributed by atoms with Crippen molar-refractivity contribution in [2.45, 2.75) is 35.3 Å². The maximum absolute atomic E-state index is 14.1. The van der Waals surface area contributed by atoms with Crippen LogP contribution in [0.2, 0.25) is 0 Å². The summed E-state index contributed by atoms with van der Waals surface area (Å²) in [6.45, 7) is 2.70. The fourth-order valence-corrected chi connectivity index (χ4v) is 5.83. The quantitative estimate of drug-likeness (QED) is 0.0152. The highest BCUT2D eigenvalue weighted by Gasteiger charge is 2.20. The van der Waals surface area contributed by atoms with Crippen LogP contribution in [0.3, 0.4) is 0 Å². The molecule has 274 valence electrons. The fraction of sp³-hybridized carbons (Fsp3) is 0.206. The van der Waals surface area contributed by atoms with E-state index in [-0.39, 0.29) is 52.4 Å². The first-order chi connectivity index (χ1) is 24.9. The fourth-order valence-electron chi connectivity index (χ4n) is 4.26. The Hall–Kier alpha value is -5.33. The van der Waals surface area contributed by atoms with Crippen LogP contribution in [0.15, 0.2) is 81.8 Å². The number of carbonyl (C=O) groups is 2. The molecule has 0 spiro atoms. The lowest BCUT2D eigenvalue weighted by Crippen LogP contribution is -2.29. The minimum atomic E-state index is -4.43. The van der Waals surface area contributed by atoms with E-state index in [0.29, 0.717) is 42.7 Å². The highest BCUT2D eigenvalue weighted by molar-refractivity contribution is 7.98. The van der Waals surface area contributed by atoms with Crippen molar-refractivity contribution in [2.75, 3.05) is 25.1 Å². The Labute approximate surface area is 300 Å². The summed E-state index contributed by atoms with van der Waals surface area (Å²) in [4.78, 5) is 32.3. The molecule has 0 fully saturated rings. The lowest BCUT2D eigenvalue weighted by atomic mass is 10.2. The zero-order valence-electron chi connectivity index (χ0n) is 27.4. The highest BCUT2D eigenvalue weighted by Crippen LogP contribution is 2.31. The van der Waals surface area contributed by atoms with Crippen molar-refractivity contribution in [3.05, 3.63) is 113 Å². The Morgan fingerprint density at radius 2 is 1.73 bits per heavy atom. The van der Waals surface area contributed by atoms with Crippen molar-refractivity contribution in [1.82, 2.24) is 20.6 Å². The minimum absolute atomic E-state index is 0.132. The minimum Gasteiger partial charge on any atom is -0.491 e. The molecule has 4 rings (SSSR count). The number of nitrogens with zero attached hydrogens (tertiary/aromatic N) is 3. The number of halogens is 4. The first-order valence-corrected chi connectivity index (χ1v) is 17.9. The molecule has 0 saturated carbocycles. The molecular formula is C34H32F4N6O6S2. The van der Waals surface area contributed by atoms with E-state index in [4.69, 9.17) is 4.74 Å². The molecular weight excluding hydrogens is 729 g/mol. The van der Waals surface area contributed by atoms with E-state index in [1.165, 1.54) is 61.0 Å². The predicted molar refractivity (Wildman–Crippen MR) is 187 cm³/mol. The summed E-state index contributed by atoms with van der Waals surface area (Å²) in [5.41, 5.74) is 3.58. The van der Waals surface area contributed by atoms with Gasteiger partial charge in [-0.05, 0) is 49.2 Å². The van der Waals surface area contributed by atoms with Gasteiger partial charge in [0.15, 0.2) is 23.3 Å². The number of thioether (sulfide) groups is 1. The van der Waals surface area contributed by atoms with Gasteiger partial charge in [0.25, 0.3) is 16.0 Å². The van der Waals surface area contributed by atoms with Gasteiger partial charge < -0.3 is 15.4 Å². The van der Waals surface area contributed by atoms with Gasteiger partial charge in [0.05, 0.1) is 29.0 Å². The van der Waals surface area contributed by atoms with Gasteiger partial charge in [0.2, 0.25) is 5.91 Å². The van der Waals surface area contributed by atoms with Gasteiger partial charge in [-0.1, -0.05) is 25.1 Å². The van der Waals surface area contributed by atoms with E-state index < -0.39 is 50.1 Å². The number of aromatic nitrogens is 2. The third kappa shape index (κ3) is 11.3. The number of amides is 2. The molecule has 2 heterocycles. The van der Waals surface area contributed by atoms with Crippen LogP contribution in [0.5, 0.6) is 5.75 Å². The van der Waals surface area contributed by atoms with Gasteiger partial charge in [0, 0.05) is 42.7 Å². The summed E-state index contributed by atoms with van der Waals surface area (Å²) >= 11 is 0.532. The molecule has 2 aromatic heterocycles. The Morgan fingerprint density at radius 1 is 1.00 bits per heavy atom. The van der Waals surface area contributed by atoms with Crippen molar-refractivity contribution in [1.29, 1.82) is 0 Å². The molecule has 2 aromatic carbocycles. The van der Waals surface area contributed by atoms with Gasteiger partial charge in [-0.25, -0.2) is 27.5 Å². The molecule has 0 aliphatic heterocycles. The van der Waals surface area contributed by atoms with Crippen LogP contribution >= 0.6 is 11.8 Å². The predicted octanol–water partition coefficient (Wildman–Crippen LogP) is 5.76. The number of anilines is 1. The van der Waals surface area contributed by atoms with Gasteiger partial charge in [-0.15, -0.1) is 11.8 Å². The van der Waals surface area contributed by atoms with E-state index in [2.05, 4.69) is 31.1 Å². The standard InChI is InChI=1S/C34H32F4N6O6S2/c1-2-16-50-27-11-9-23(20-51-33-31(37)24(35)17-25(36)32(33)38)43-26(27)10-13-30(45)39-14-5-15-40-34(46)22-8-12-29(41-18-22)44-42-19-21-6-3-4-7-28(21)52(47,48)49/h3-4,6-13,17-19H,2,5,14-16,20H2,1H3,(H,39,45)(H,40,46)(H,41,44)(H,47,48,49)/b13-10+,42-19-. The molecule has 0 unspecified atom stereocenters. The Kier molecular flexibility index (Phi) is 14.2. The summed E-state index contributed by atoms with van der Waals surface area (Å²) in [6, 6.07) is 11.9. The summed E-state index contributed by atoms with van der Waals surface area (Å²) < 4.78 is 93.3. The van der Waals surface area contributed by atoms with Gasteiger partial charge in [-0.3, -0.25) is 19.6 Å². The molecule has 4 N–H and O–H groups in total. The first kappa shape index (κ1) is 39.5. The van der Waals surface area contributed by atoms with E-state index >= 15 is 0 Å². The van der Waals surface area contributed by atoms with Crippen molar-refractivity contribution in [3.8, 4) is 5.75 Å². The number of hydrogen-bond acceptors (Lipinski definition) is 10. The van der Waals surface area contributed by atoms with Crippen LogP contribution < -0.4 is 20.8 Å². The molecule has 0 saturated heterocycles. The van der Waals surface area contributed by atoms with Crippen molar-refractivity contribution in [2.24, 2.45) is 5.10 Å². The lowest BCUT2D eigenvalue weighted by Gasteiger charge is -2.11. The van der Waals surface area contributed by atoms with Crippen LogP contribution in [-0.2, 0) is 20.7 Å². The Bertz CT molecular complexity index is 2040. The number of ether oxygens (including phenoxy) is 1. The maximum Gasteiger partial charge on any atom is 0.295 e.